The van der Waals surface area contributed by atoms with E-state index in [-0.39, 0.29) is 5.52 Å². The average Bonchev–Trinajstić information content (AvgIpc) is 2.80. The Balaban J connectivity index is 2.35. The van der Waals surface area contributed by atoms with Gasteiger partial charge in [-0.05, 0) is 6.07 Å². The lowest BCUT2D eigenvalue weighted by atomic mass is 10.4. The zero-order chi connectivity index (χ0) is 12.7. The Morgan fingerprint density at radius 1 is 1.33 bits per heavy atom. The first-order valence-corrected chi connectivity index (χ1v) is 5.08. The predicted molar refractivity (Wildman–Crippen MR) is 60.2 cm³/mol. The number of fused-ring (bicyclic) bond motifs is 3. The van der Waals surface area contributed by atoms with Crippen LogP contribution in [-0.4, -0.2) is 35.5 Å². The minimum atomic E-state index is -1.09. The summed E-state index contributed by atoms with van der Waals surface area (Å²) in [5.74, 6) is -1.09. The molecule has 0 saturated heterocycles. The molecule has 0 aliphatic heterocycles. The first kappa shape index (κ1) is 10.4. The van der Waals surface area contributed by atoms with Gasteiger partial charge >= 0.3 is 5.97 Å². The average molecular weight is 245 g/mol. The number of aliphatic carboxylic acids is 1. The van der Waals surface area contributed by atoms with Crippen molar-refractivity contribution in [3.05, 3.63) is 34.9 Å². The van der Waals surface area contributed by atoms with Gasteiger partial charge in [0.2, 0.25) is 0 Å². The molecule has 3 aromatic heterocycles. The van der Waals surface area contributed by atoms with Gasteiger partial charge in [0, 0.05) is 12.3 Å². The highest BCUT2D eigenvalue weighted by atomic mass is 16.4. The molecule has 0 aliphatic carbocycles. The number of carboxylic acids is 1. The first-order chi connectivity index (χ1) is 8.66. The third-order valence-electron chi connectivity index (χ3n) is 2.53. The minimum absolute atomic E-state index is 0.0925. The van der Waals surface area contributed by atoms with Crippen molar-refractivity contribution in [3.63, 3.8) is 0 Å². The van der Waals surface area contributed by atoms with Gasteiger partial charge < -0.3 is 9.67 Å². The molecule has 0 saturated carbocycles. The van der Waals surface area contributed by atoms with Crippen molar-refractivity contribution in [3.8, 4) is 0 Å². The Morgan fingerprint density at radius 3 is 2.94 bits per heavy atom. The number of aromatic nitrogens is 5. The highest BCUT2D eigenvalue weighted by Crippen LogP contribution is 2.07. The molecule has 0 spiro atoms. The molecule has 3 aromatic rings. The Kier molecular flexibility index (Phi) is 2.09. The molecule has 0 amide bonds. The molecule has 0 atom stereocenters. The Bertz CT molecular complexity index is 819. The summed E-state index contributed by atoms with van der Waals surface area (Å²) in [5, 5.41) is 20.4. The zero-order valence-electron chi connectivity index (χ0n) is 9.02. The molecule has 8 nitrogen and oxygen atoms in total. The smallest absolute Gasteiger partial charge is 0.323 e. The van der Waals surface area contributed by atoms with Crippen LogP contribution in [0.25, 0.3) is 16.7 Å². The molecule has 0 aliphatic rings. The summed E-state index contributed by atoms with van der Waals surface area (Å²) >= 11 is 0. The van der Waals surface area contributed by atoms with Crippen LogP contribution in [-0.2, 0) is 11.3 Å². The molecule has 0 aromatic carbocycles. The number of carbonyl (C=O) groups is 1. The fourth-order valence-electron chi connectivity index (χ4n) is 1.75. The van der Waals surface area contributed by atoms with Crippen LogP contribution in [0.1, 0.15) is 0 Å². The monoisotopic (exact) mass is 245 g/mol. The standard InChI is InChI=1S/C10H7N5O3/c16-8(17)5-14-4-2-6-9(10(14)18)13-12-7-1-3-11-15(6)7/h1-4H,5H2,(H,16,17). The number of nitrogens with zero attached hydrogens (tertiary/aromatic N) is 5. The SMILES string of the molecule is O=C(O)Cn1ccc2c(nnc3ccnn32)c1=O. The molecule has 1 N–H and O–H groups in total. The van der Waals surface area contributed by atoms with Gasteiger partial charge in [0.05, 0.1) is 6.20 Å². The Labute approximate surface area is 99.1 Å². The molecule has 3 rings (SSSR count). The van der Waals surface area contributed by atoms with Crippen LogP contribution in [0.4, 0.5) is 0 Å². The molecule has 8 heteroatoms. The summed E-state index contributed by atoms with van der Waals surface area (Å²) in [6.45, 7) is -0.409. The van der Waals surface area contributed by atoms with E-state index in [9.17, 15) is 9.59 Å². The minimum Gasteiger partial charge on any atom is -0.480 e. The quantitative estimate of drug-likeness (QED) is 0.654. The summed E-state index contributed by atoms with van der Waals surface area (Å²) in [5.41, 5.74) is 0.615. The van der Waals surface area contributed by atoms with Crippen molar-refractivity contribution in [1.82, 2.24) is 24.4 Å². The van der Waals surface area contributed by atoms with Gasteiger partial charge in [-0.3, -0.25) is 9.59 Å². The third-order valence-corrected chi connectivity index (χ3v) is 2.53. The topological polar surface area (TPSA) is 102 Å². The van der Waals surface area contributed by atoms with E-state index in [0.717, 1.165) is 4.57 Å². The number of rotatable bonds is 2. The van der Waals surface area contributed by atoms with Crippen LogP contribution < -0.4 is 5.56 Å². The molecule has 0 fully saturated rings. The van der Waals surface area contributed by atoms with Gasteiger partial charge in [-0.25, -0.2) is 4.52 Å². The number of hydrogen-bond acceptors (Lipinski definition) is 5. The summed E-state index contributed by atoms with van der Waals surface area (Å²) in [6.07, 6.45) is 2.95. The van der Waals surface area contributed by atoms with Crippen LogP contribution in [0.3, 0.4) is 0 Å². The van der Waals surface area contributed by atoms with Gasteiger partial charge in [-0.2, -0.15) is 5.10 Å². The van der Waals surface area contributed by atoms with Crippen molar-refractivity contribution in [2.75, 3.05) is 0 Å². The van der Waals surface area contributed by atoms with Crippen LogP contribution in [0.2, 0.25) is 0 Å². The first-order valence-electron chi connectivity index (χ1n) is 5.08. The lowest BCUT2D eigenvalue weighted by Gasteiger charge is -2.04. The van der Waals surface area contributed by atoms with Gasteiger partial charge in [0.25, 0.3) is 5.56 Å². The lowest BCUT2D eigenvalue weighted by Crippen LogP contribution is -2.25. The summed E-state index contributed by atoms with van der Waals surface area (Å²) < 4.78 is 2.55. The van der Waals surface area contributed by atoms with Crippen LogP contribution in [0, 0.1) is 0 Å². The fraction of sp³-hybridized carbons (Fsp3) is 0.100. The second kappa shape index (κ2) is 3.62. The van der Waals surface area contributed by atoms with Crippen molar-refractivity contribution < 1.29 is 9.90 Å². The predicted octanol–water partition coefficient (Wildman–Crippen LogP) is -0.476. The van der Waals surface area contributed by atoms with E-state index in [2.05, 4.69) is 15.3 Å². The molecule has 0 radical (unpaired) electrons. The summed E-state index contributed by atoms with van der Waals surface area (Å²) in [6, 6.07) is 3.25. The van der Waals surface area contributed by atoms with E-state index in [4.69, 9.17) is 5.11 Å². The van der Waals surface area contributed by atoms with E-state index in [1.165, 1.54) is 10.7 Å². The van der Waals surface area contributed by atoms with Crippen molar-refractivity contribution in [2.45, 2.75) is 6.54 Å². The number of carboxylic acid groups (broad SMARTS) is 1. The third kappa shape index (κ3) is 1.43. The maximum absolute atomic E-state index is 12.0. The maximum atomic E-state index is 12.0. The number of pyridine rings is 1. The summed E-state index contributed by atoms with van der Waals surface area (Å²) in [4.78, 5) is 22.6. The Hall–Kier alpha value is -2.77. The zero-order valence-corrected chi connectivity index (χ0v) is 9.02. The van der Waals surface area contributed by atoms with E-state index in [1.54, 1.807) is 18.3 Å². The van der Waals surface area contributed by atoms with Gasteiger partial charge in [-0.15, -0.1) is 10.2 Å². The van der Waals surface area contributed by atoms with Crippen LogP contribution in [0.5, 0.6) is 0 Å². The highest BCUT2D eigenvalue weighted by molar-refractivity contribution is 5.75. The van der Waals surface area contributed by atoms with E-state index >= 15 is 0 Å². The largest absolute Gasteiger partial charge is 0.480 e. The second-order valence-corrected chi connectivity index (χ2v) is 3.68. The molecule has 0 unspecified atom stereocenters. The number of hydrogen-bond donors (Lipinski definition) is 1. The maximum Gasteiger partial charge on any atom is 0.323 e. The molecule has 0 bridgehead atoms. The van der Waals surface area contributed by atoms with Crippen molar-refractivity contribution in [2.24, 2.45) is 0 Å². The second-order valence-electron chi connectivity index (χ2n) is 3.68. The van der Waals surface area contributed by atoms with E-state index in [1.807, 2.05) is 0 Å². The molecule has 18 heavy (non-hydrogen) atoms. The van der Waals surface area contributed by atoms with Gasteiger partial charge in [0.15, 0.2) is 11.2 Å². The van der Waals surface area contributed by atoms with Crippen LogP contribution >= 0.6 is 0 Å². The van der Waals surface area contributed by atoms with E-state index in [0.29, 0.717) is 11.2 Å². The van der Waals surface area contributed by atoms with Crippen LogP contribution in [0.15, 0.2) is 29.3 Å². The molecule has 90 valence electrons. The van der Waals surface area contributed by atoms with E-state index < -0.39 is 18.1 Å². The van der Waals surface area contributed by atoms with Crippen molar-refractivity contribution in [1.29, 1.82) is 0 Å². The fourth-order valence-corrected chi connectivity index (χ4v) is 1.75. The lowest BCUT2D eigenvalue weighted by molar-refractivity contribution is -0.137. The highest BCUT2D eigenvalue weighted by Gasteiger charge is 2.10. The molecular formula is C10H7N5O3. The molecule has 3 heterocycles. The van der Waals surface area contributed by atoms with Gasteiger partial charge in [-0.1, -0.05) is 0 Å². The molecular weight excluding hydrogens is 238 g/mol. The van der Waals surface area contributed by atoms with Gasteiger partial charge in [0.1, 0.15) is 12.1 Å². The normalized spacial score (nSPS) is 11.1. The summed E-state index contributed by atoms with van der Waals surface area (Å²) in [7, 11) is 0. The van der Waals surface area contributed by atoms with Crippen molar-refractivity contribution >= 4 is 22.6 Å². The Morgan fingerprint density at radius 2 is 2.17 bits per heavy atom.